The van der Waals surface area contributed by atoms with Crippen LogP contribution in [-0.4, -0.2) is 70.7 Å². The number of ether oxygens (including phenoxy) is 2. The van der Waals surface area contributed by atoms with E-state index in [1.807, 2.05) is 21.1 Å². The summed E-state index contributed by atoms with van der Waals surface area (Å²) in [6.45, 7) is 5.46. The molecule has 0 bridgehead atoms. The number of allylic oxidation sites excluding steroid dienone is 6. The lowest BCUT2D eigenvalue weighted by atomic mass is 10.0. The van der Waals surface area contributed by atoms with E-state index in [9.17, 15) is 14.3 Å². The number of hydrogen-bond donors (Lipinski definition) is 0. The SMILES string of the molecule is CCCCCCC/C=C\C/C=C\C/C=C\CCCCCCCCCCCCC(=O)OC(COCCCCCCCCCCCCCCCCCCCCCCCCCC)COP(=O)([O-])OCC[N+](C)(C)C. The molecule has 0 aliphatic heterocycles. The van der Waals surface area contributed by atoms with Crippen molar-refractivity contribution in [1.82, 2.24) is 0 Å². The van der Waals surface area contributed by atoms with Crippen LogP contribution in [0.3, 0.4) is 0 Å². The highest BCUT2D eigenvalue weighted by Crippen LogP contribution is 2.38. The minimum Gasteiger partial charge on any atom is -0.756 e. The molecule has 420 valence electrons. The van der Waals surface area contributed by atoms with Gasteiger partial charge in [-0.05, 0) is 51.4 Å². The first-order chi connectivity index (χ1) is 34.6. The van der Waals surface area contributed by atoms with Gasteiger partial charge in [-0.2, -0.15) is 0 Å². The molecule has 0 amide bonds. The Balaban J connectivity index is 4.03. The van der Waals surface area contributed by atoms with E-state index in [1.54, 1.807) is 0 Å². The van der Waals surface area contributed by atoms with Crippen molar-refractivity contribution in [2.75, 3.05) is 54.1 Å². The van der Waals surface area contributed by atoms with E-state index in [0.29, 0.717) is 24.1 Å². The number of hydrogen-bond acceptors (Lipinski definition) is 7. The van der Waals surface area contributed by atoms with Crippen molar-refractivity contribution in [3.05, 3.63) is 36.5 Å². The van der Waals surface area contributed by atoms with Crippen LogP contribution < -0.4 is 4.89 Å². The van der Waals surface area contributed by atoms with Gasteiger partial charge in [0.25, 0.3) is 7.82 Å². The van der Waals surface area contributed by atoms with Crippen molar-refractivity contribution in [3.8, 4) is 0 Å². The molecular formula is C62H120NO7P. The van der Waals surface area contributed by atoms with Gasteiger partial charge in [0.1, 0.15) is 19.3 Å². The Morgan fingerprint density at radius 1 is 0.437 bits per heavy atom. The lowest BCUT2D eigenvalue weighted by molar-refractivity contribution is -0.870. The summed E-state index contributed by atoms with van der Waals surface area (Å²) in [5.74, 6) is -0.332. The number of phosphoric acid groups is 1. The standard InChI is InChI=1S/C62H120NO7P/c1-6-8-10-12-14-16-18-20-22-24-26-28-30-32-33-35-37-39-41-43-45-47-49-51-53-55-62(64)70-61(60-69-71(65,66)68-58-56-63(3,4)5)59-67-57-54-52-50-48-46-44-42-40-38-36-34-31-29-27-25-23-21-19-17-15-13-11-9-7-2/h18,20,24,26,30,32,61H,6-17,19,21-23,25,27-29,31,33-60H2,1-5H3/b20-18-,26-24-,32-30-. The highest BCUT2D eigenvalue weighted by atomic mass is 31.2. The lowest BCUT2D eigenvalue weighted by Crippen LogP contribution is -2.37. The molecule has 0 aromatic carbocycles. The molecule has 2 atom stereocenters. The normalized spacial score (nSPS) is 13.6. The largest absolute Gasteiger partial charge is 0.756 e. The molecular weight excluding hydrogens is 902 g/mol. The molecule has 0 N–H and O–H groups in total. The van der Waals surface area contributed by atoms with Crippen LogP contribution in [0.25, 0.3) is 0 Å². The van der Waals surface area contributed by atoms with Crippen LogP contribution in [0.5, 0.6) is 0 Å². The van der Waals surface area contributed by atoms with Gasteiger partial charge in [0.05, 0.1) is 34.4 Å². The molecule has 0 aliphatic carbocycles. The number of unbranched alkanes of at least 4 members (excludes halogenated alkanes) is 38. The summed E-state index contributed by atoms with van der Waals surface area (Å²) in [4.78, 5) is 25.3. The number of esters is 1. The van der Waals surface area contributed by atoms with Gasteiger partial charge in [0.15, 0.2) is 0 Å². The number of nitrogens with zero attached hydrogens (tertiary/aromatic N) is 1. The fourth-order valence-corrected chi connectivity index (χ4v) is 9.70. The zero-order valence-electron chi connectivity index (χ0n) is 47.9. The van der Waals surface area contributed by atoms with Crippen molar-refractivity contribution in [2.45, 2.75) is 302 Å². The van der Waals surface area contributed by atoms with Gasteiger partial charge >= 0.3 is 5.97 Å². The number of quaternary nitrogens is 1. The topological polar surface area (TPSA) is 94.1 Å². The maximum absolute atomic E-state index is 12.8. The summed E-state index contributed by atoms with van der Waals surface area (Å²) in [5.41, 5.74) is 0. The second kappa shape index (κ2) is 55.0. The monoisotopic (exact) mass is 1020 g/mol. The summed E-state index contributed by atoms with van der Waals surface area (Å²) in [6, 6.07) is 0. The molecule has 0 fully saturated rings. The Morgan fingerprint density at radius 2 is 0.775 bits per heavy atom. The molecule has 0 aromatic rings. The van der Waals surface area contributed by atoms with E-state index in [1.165, 1.54) is 231 Å². The van der Waals surface area contributed by atoms with Gasteiger partial charge in [-0.15, -0.1) is 0 Å². The average Bonchev–Trinajstić information content (AvgIpc) is 3.33. The predicted molar refractivity (Wildman–Crippen MR) is 305 cm³/mol. The molecule has 0 saturated heterocycles. The van der Waals surface area contributed by atoms with Crippen LogP contribution in [0.15, 0.2) is 36.5 Å². The van der Waals surface area contributed by atoms with Crippen molar-refractivity contribution in [2.24, 2.45) is 0 Å². The Kier molecular flexibility index (Phi) is 54.0. The summed E-state index contributed by atoms with van der Waals surface area (Å²) >= 11 is 0. The Bertz CT molecular complexity index is 1230. The molecule has 9 heteroatoms. The lowest BCUT2D eigenvalue weighted by Gasteiger charge is -2.28. The predicted octanol–water partition coefficient (Wildman–Crippen LogP) is 19.0. The number of rotatable bonds is 58. The van der Waals surface area contributed by atoms with Crippen molar-refractivity contribution in [1.29, 1.82) is 0 Å². The van der Waals surface area contributed by atoms with E-state index >= 15 is 0 Å². The second-order valence-corrected chi connectivity index (χ2v) is 23.5. The van der Waals surface area contributed by atoms with Gasteiger partial charge in [0.2, 0.25) is 0 Å². The van der Waals surface area contributed by atoms with Crippen LogP contribution in [0, 0.1) is 0 Å². The third kappa shape index (κ3) is 59.5. The zero-order valence-corrected chi connectivity index (χ0v) is 48.8. The van der Waals surface area contributed by atoms with E-state index in [4.69, 9.17) is 18.5 Å². The molecule has 0 radical (unpaired) electrons. The van der Waals surface area contributed by atoms with Gasteiger partial charge in [-0.3, -0.25) is 9.36 Å². The summed E-state index contributed by atoms with van der Waals surface area (Å²) < 4.78 is 34.9. The minimum atomic E-state index is -4.54. The summed E-state index contributed by atoms with van der Waals surface area (Å²) in [7, 11) is 1.37. The quantitative estimate of drug-likeness (QED) is 0.0197. The first kappa shape index (κ1) is 69.7. The third-order valence-corrected chi connectivity index (χ3v) is 14.7. The molecule has 0 saturated carbocycles. The molecule has 0 aliphatic rings. The molecule has 71 heavy (non-hydrogen) atoms. The van der Waals surface area contributed by atoms with Gasteiger partial charge in [-0.1, -0.05) is 275 Å². The fourth-order valence-electron chi connectivity index (χ4n) is 8.97. The molecule has 0 spiro atoms. The van der Waals surface area contributed by atoms with Gasteiger partial charge in [-0.25, -0.2) is 0 Å². The molecule has 0 rings (SSSR count). The van der Waals surface area contributed by atoms with Crippen LogP contribution in [0.4, 0.5) is 0 Å². The van der Waals surface area contributed by atoms with Crippen LogP contribution in [-0.2, 0) is 27.9 Å². The highest BCUT2D eigenvalue weighted by Gasteiger charge is 2.20. The van der Waals surface area contributed by atoms with Crippen LogP contribution >= 0.6 is 7.82 Å². The van der Waals surface area contributed by atoms with E-state index in [0.717, 1.165) is 44.9 Å². The molecule has 0 aromatic heterocycles. The molecule has 2 unspecified atom stereocenters. The fraction of sp³-hybridized carbons (Fsp3) is 0.887. The average molecular weight is 1020 g/mol. The molecule has 0 heterocycles. The first-order valence-corrected chi connectivity index (χ1v) is 32.2. The maximum Gasteiger partial charge on any atom is 0.306 e. The van der Waals surface area contributed by atoms with Gasteiger partial charge < -0.3 is 27.9 Å². The van der Waals surface area contributed by atoms with Crippen LogP contribution in [0.2, 0.25) is 0 Å². The smallest absolute Gasteiger partial charge is 0.306 e. The maximum atomic E-state index is 12.8. The third-order valence-electron chi connectivity index (χ3n) is 13.7. The Hall–Kier alpha value is -1.28. The van der Waals surface area contributed by atoms with E-state index < -0.39 is 13.9 Å². The highest BCUT2D eigenvalue weighted by molar-refractivity contribution is 7.45. The first-order valence-electron chi connectivity index (χ1n) is 30.7. The Labute approximate surface area is 442 Å². The zero-order chi connectivity index (χ0) is 51.9. The van der Waals surface area contributed by atoms with E-state index in [2.05, 4.69) is 50.3 Å². The summed E-state index contributed by atoms with van der Waals surface area (Å²) in [5, 5.41) is 0. The van der Waals surface area contributed by atoms with E-state index in [-0.39, 0.29) is 25.8 Å². The van der Waals surface area contributed by atoms with Crippen molar-refractivity contribution >= 4 is 13.8 Å². The minimum absolute atomic E-state index is 0.0270. The number of phosphoric ester groups is 1. The number of likely N-dealkylation sites (N-methyl/N-ethyl adjacent to an activating group) is 1. The van der Waals surface area contributed by atoms with Crippen LogP contribution in [0.1, 0.15) is 296 Å². The number of carbonyl (C=O) groups excluding carboxylic acids is 1. The number of carbonyl (C=O) groups is 1. The van der Waals surface area contributed by atoms with Crippen molar-refractivity contribution in [3.63, 3.8) is 0 Å². The summed E-state index contributed by atoms with van der Waals surface area (Å²) in [6.07, 6.45) is 69.1. The Morgan fingerprint density at radius 3 is 1.15 bits per heavy atom. The second-order valence-electron chi connectivity index (χ2n) is 22.1. The van der Waals surface area contributed by atoms with Crippen molar-refractivity contribution < 1.29 is 37.3 Å². The molecule has 8 nitrogen and oxygen atoms in total. The van der Waals surface area contributed by atoms with Gasteiger partial charge in [0, 0.05) is 13.0 Å².